The number of nitrogens with zero attached hydrogens (tertiary/aromatic N) is 2. The predicted molar refractivity (Wildman–Crippen MR) is 201 cm³/mol. The van der Waals surface area contributed by atoms with E-state index >= 15 is 0 Å². The number of carboxylic acid groups (broad SMARTS) is 1. The summed E-state index contributed by atoms with van der Waals surface area (Å²) in [6.07, 6.45) is 13.4. The highest BCUT2D eigenvalue weighted by atomic mass is 16.5. The van der Waals surface area contributed by atoms with Crippen LogP contribution < -0.4 is 25.6 Å². The van der Waals surface area contributed by atoms with Gasteiger partial charge in [0.05, 0.1) is 35.5 Å². The van der Waals surface area contributed by atoms with Gasteiger partial charge in [0, 0.05) is 29.1 Å². The van der Waals surface area contributed by atoms with Gasteiger partial charge in [-0.3, -0.25) is 5.41 Å². The van der Waals surface area contributed by atoms with Gasteiger partial charge in [0.25, 0.3) is 0 Å². The lowest BCUT2D eigenvalue weighted by Crippen LogP contribution is -2.35. The Balaban J connectivity index is 1.43. The summed E-state index contributed by atoms with van der Waals surface area (Å²) in [4.78, 5) is 18.4. The number of benzene rings is 2. The van der Waals surface area contributed by atoms with Gasteiger partial charge in [0.15, 0.2) is 0 Å². The van der Waals surface area contributed by atoms with Gasteiger partial charge in [-0.05, 0) is 99.3 Å². The Kier molecular flexibility index (Phi) is 12.6. The van der Waals surface area contributed by atoms with Crippen molar-refractivity contribution in [2.45, 2.75) is 78.6 Å². The Labute approximate surface area is 291 Å². The van der Waals surface area contributed by atoms with E-state index in [-0.39, 0.29) is 23.1 Å². The van der Waals surface area contributed by atoms with E-state index in [4.69, 9.17) is 26.3 Å². The first-order valence-corrected chi connectivity index (χ1v) is 16.8. The summed E-state index contributed by atoms with van der Waals surface area (Å²) in [6, 6.07) is 16.5. The number of terminal acetylenes is 1. The number of aromatic nitrogens is 1. The van der Waals surface area contributed by atoms with Crippen molar-refractivity contribution >= 4 is 37.0 Å². The maximum Gasteiger partial charge on any atom is 0.335 e. The second kappa shape index (κ2) is 16.8. The minimum Gasteiger partial charge on any atom is -0.488 e. The third kappa shape index (κ3) is 10.2. The molecule has 0 unspecified atom stereocenters. The van der Waals surface area contributed by atoms with Crippen molar-refractivity contribution in [1.82, 2.24) is 9.88 Å². The van der Waals surface area contributed by atoms with Gasteiger partial charge >= 0.3 is 5.97 Å². The molecule has 1 saturated carbocycles. The second-order valence-corrected chi connectivity index (χ2v) is 13.1. The van der Waals surface area contributed by atoms with Crippen LogP contribution in [0, 0.1) is 23.2 Å². The van der Waals surface area contributed by atoms with E-state index in [1.54, 1.807) is 18.2 Å². The molecular weight excluding hydrogens is 613 g/mol. The normalized spacial score (nSPS) is 17.5. The first-order valence-electron chi connectivity index (χ1n) is 16.8. The van der Waals surface area contributed by atoms with Crippen LogP contribution in [0.4, 0.5) is 11.4 Å². The van der Waals surface area contributed by atoms with Crippen LogP contribution in [0.3, 0.4) is 0 Å². The predicted octanol–water partition coefficient (Wildman–Crippen LogP) is 6.58. The summed E-state index contributed by atoms with van der Waals surface area (Å²) in [5.41, 5.74) is 5.84. The van der Waals surface area contributed by atoms with Crippen LogP contribution in [0.25, 0.3) is 0 Å². The first-order chi connectivity index (χ1) is 23.4. The number of pyridine rings is 1. The van der Waals surface area contributed by atoms with Crippen LogP contribution in [0.1, 0.15) is 81.4 Å². The molecule has 1 aliphatic rings. The molecule has 4 N–H and O–H groups in total. The average Bonchev–Trinajstić information content (AvgIpc) is 3.08. The van der Waals surface area contributed by atoms with Crippen LogP contribution in [-0.4, -0.2) is 53.8 Å². The number of carboxylic acids is 1. The molecule has 0 bridgehead atoms. The number of allylic oxidation sites excluding steroid dienone is 2. The highest BCUT2D eigenvalue weighted by Crippen LogP contribution is 2.40. The summed E-state index contributed by atoms with van der Waals surface area (Å²) in [6.45, 7) is 13.1. The lowest BCUT2D eigenvalue weighted by Gasteiger charge is -2.37. The van der Waals surface area contributed by atoms with Gasteiger partial charge in [-0.15, -0.1) is 6.42 Å². The summed E-state index contributed by atoms with van der Waals surface area (Å²) >= 11 is 0. The zero-order valence-corrected chi connectivity index (χ0v) is 29.3. The van der Waals surface area contributed by atoms with Crippen molar-refractivity contribution in [2.75, 3.05) is 17.2 Å². The fourth-order valence-corrected chi connectivity index (χ4v) is 5.92. The second-order valence-electron chi connectivity index (χ2n) is 13.1. The maximum absolute atomic E-state index is 11.8. The Morgan fingerprint density at radius 2 is 1.98 bits per heavy atom. The molecule has 1 aromatic heterocycles. The van der Waals surface area contributed by atoms with Crippen molar-refractivity contribution in [3.63, 3.8) is 0 Å². The molecule has 0 amide bonds. The topological polar surface area (TPSA) is 120 Å². The van der Waals surface area contributed by atoms with Crippen molar-refractivity contribution < 1.29 is 19.4 Å². The average molecular weight is 662 g/mol. The Morgan fingerprint density at radius 1 is 1.22 bits per heavy atom. The third-order valence-electron chi connectivity index (χ3n) is 8.87. The Morgan fingerprint density at radius 3 is 2.61 bits per heavy atom. The van der Waals surface area contributed by atoms with Gasteiger partial charge in [0.2, 0.25) is 5.88 Å². The minimum absolute atomic E-state index is 0.0354. The molecule has 4 rings (SSSR count). The standard InChI is InChI=1S/C39H48BN5O4/c1-7-27(5)43-34-14-13-29(38(46)47)21-35(34)42-23-31(45(25-41)26(3)4)22-39(6)18-16-32(17-19-39)49-37-11-9-10-30(44-37)24-48-36-15-12-28(8-2)20-33(36)40/h2,9-15,20-22,25-26,32,41-43H,5,7,16-19,23-24,40H2,1,3-4,6H3,(H,46,47)/b31-22-,41-25?. The lowest BCUT2D eigenvalue weighted by atomic mass is 9.74. The molecule has 0 radical (unpaired) electrons. The van der Waals surface area contributed by atoms with Crippen molar-refractivity contribution in [3.05, 3.63) is 95.5 Å². The lowest BCUT2D eigenvalue weighted by molar-refractivity contribution is 0.0697. The SMILES string of the molecule is Bc1cc(C#C)ccc1OCc1cccc(OC2CCC(C)(/C=C(/CNc3cc(C(=O)O)ccc3NC(=C)CC)N(C=N)C(C)C)CC2)n1. The largest absolute Gasteiger partial charge is 0.488 e. The third-order valence-corrected chi connectivity index (χ3v) is 8.87. The van der Waals surface area contributed by atoms with E-state index in [1.807, 2.05) is 56.1 Å². The number of carbonyl (C=O) groups is 1. The molecule has 0 saturated heterocycles. The highest BCUT2D eigenvalue weighted by Gasteiger charge is 2.32. The zero-order chi connectivity index (χ0) is 35.6. The number of anilines is 2. The molecule has 10 heteroatoms. The van der Waals surface area contributed by atoms with Gasteiger partial charge < -0.3 is 30.1 Å². The van der Waals surface area contributed by atoms with Crippen LogP contribution in [0.5, 0.6) is 11.6 Å². The van der Waals surface area contributed by atoms with E-state index in [0.29, 0.717) is 24.7 Å². The molecule has 2 aromatic carbocycles. The smallest absolute Gasteiger partial charge is 0.335 e. The molecule has 1 heterocycles. The maximum atomic E-state index is 11.8. The van der Waals surface area contributed by atoms with Crippen LogP contribution in [0.15, 0.2) is 78.6 Å². The number of rotatable bonds is 16. The molecule has 0 aliphatic heterocycles. The van der Waals surface area contributed by atoms with Gasteiger partial charge in [-0.2, -0.15) is 0 Å². The molecule has 256 valence electrons. The zero-order valence-electron chi connectivity index (χ0n) is 29.3. The molecule has 9 nitrogen and oxygen atoms in total. The molecule has 1 aliphatic carbocycles. The fraction of sp³-hybridized carbons (Fsp3) is 0.359. The fourth-order valence-electron chi connectivity index (χ4n) is 5.92. The molecule has 0 atom stereocenters. The van der Waals surface area contributed by atoms with E-state index in [0.717, 1.165) is 71.7 Å². The number of ether oxygens (including phenoxy) is 2. The molecule has 0 spiro atoms. The van der Waals surface area contributed by atoms with Gasteiger partial charge in [-0.1, -0.05) is 38.5 Å². The van der Waals surface area contributed by atoms with E-state index in [2.05, 4.69) is 50.0 Å². The van der Waals surface area contributed by atoms with Crippen LogP contribution in [0.2, 0.25) is 0 Å². The quantitative estimate of drug-likeness (QED) is 0.0589. The summed E-state index contributed by atoms with van der Waals surface area (Å²) in [7, 11) is 1.97. The van der Waals surface area contributed by atoms with Crippen molar-refractivity contribution in [1.29, 1.82) is 5.41 Å². The highest BCUT2D eigenvalue weighted by molar-refractivity contribution is 6.34. The van der Waals surface area contributed by atoms with E-state index in [1.165, 1.54) is 6.34 Å². The molecule has 3 aromatic rings. The number of nitrogens with one attached hydrogen (secondary N) is 3. The number of hydrogen-bond donors (Lipinski definition) is 4. The van der Waals surface area contributed by atoms with Crippen LogP contribution in [-0.2, 0) is 6.61 Å². The van der Waals surface area contributed by atoms with Gasteiger partial charge in [-0.25, -0.2) is 9.78 Å². The minimum atomic E-state index is -0.994. The van der Waals surface area contributed by atoms with Crippen molar-refractivity contribution in [2.24, 2.45) is 5.41 Å². The number of aromatic carboxylic acids is 1. The number of hydrogen-bond acceptors (Lipinski definition) is 7. The first kappa shape index (κ1) is 36.7. The summed E-state index contributed by atoms with van der Waals surface area (Å²) < 4.78 is 12.4. The monoisotopic (exact) mass is 661 g/mol. The van der Waals surface area contributed by atoms with E-state index < -0.39 is 5.97 Å². The van der Waals surface area contributed by atoms with E-state index in [9.17, 15) is 9.90 Å². The Bertz CT molecular complexity index is 1720. The molecule has 1 fully saturated rings. The Hall–Kier alpha value is -5.17. The van der Waals surface area contributed by atoms with Gasteiger partial charge in [0.1, 0.15) is 26.3 Å². The van der Waals surface area contributed by atoms with Crippen LogP contribution >= 0.6 is 0 Å². The summed E-state index contributed by atoms with van der Waals surface area (Å²) in [5, 5.41) is 24.6. The van der Waals surface area contributed by atoms with Crippen molar-refractivity contribution in [3.8, 4) is 24.0 Å². The summed E-state index contributed by atoms with van der Waals surface area (Å²) in [5.74, 6) is 3.01. The molecule has 49 heavy (non-hydrogen) atoms. The molecular formula is C39H48BN5O4.